The predicted molar refractivity (Wildman–Crippen MR) is 79.9 cm³/mol. The van der Waals surface area contributed by atoms with Gasteiger partial charge in [-0.05, 0) is 38.8 Å². The van der Waals surface area contributed by atoms with Crippen LogP contribution in [-0.4, -0.2) is 79.1 Å². The topological polar surface area (TPSA) is 38.8 Å². The van der Waals surface area contributed by atoms with E-state index in [-0.39, 0.29) is 6.03 Å². The molecule has 5 nitrogen and oxygen atoms in total. The molecule has 0 aromatic carbocycles. The Morgan fingerprint density at radius 1 is 0.800 bits per heavy atom. The summed E-state index contributed by atoms with van der Waals surface area (Å²) in [6.45, 7) is 8.06. The fourth-order valence-corrected chi connectivity index (χ4v) is 3.76. The number of carbonyl (C=O) groups is 1. The third-order valence-electron chi connectivity index (χ3n) is 5.03. The quantitative estimate of drug-likeness (QED) is 0.778. The van der Waals surface area contributed by atoms with Gasteiger partial charge in [-0.3, -0.25) is 0 Å². The first-order valence-corrected chi connectivity index (χ1v) is 8.33. The van der Waals surface area contributed by atoms with Crippen molar-refractivity contribution in [3.63, 3.8) is 0 Å². The molecule has 0 spiro atoms. The van der Waals surface area contributed by atoms with E-state index < -0.39 is 0 Å². The molecule has 0 bridgehead atoms. The molecule has 3 rings (SSSR count). The number of likely N-dealkylation sites (tertiary alicyclic amines) is 2. The summed E-state index contributed by atoms with van der Waals surface area (Å²) in [7, 11) is 0. The van der Waals surface area contributed by atoms with Crippen LogP contribution < -0.4 is 5.32 Å². The first-order valence-electron chi connectivity index (χ1n) is 8.33. The molecule has 114 valence electrons. The van der Waals surface area contributed by atoms with Crippen molar-refractivity contribution in [2.24, 2.45) is 0 Å². The molecule has 0 aromatic heterocycles. The maximum Gasteiger partial charge on any atom is 0.320 e. The van der Waals surface area contributed by atoms with E-state index in [9.17, 15) is 4.79 Å². The van der Waals surface area contributed by atoms with Crippen LogP contribution in [0.3, 0.4) is 0 Å². The Morgan fingerprint density at radius 2 is 1.40 bits per heavy atom. The minimum atomic E-state index is 0.267. The molecule has 1 N–H and O–H groups in total. The Balaban J connectivity index is 1.46. The monoisotopic (exact) mass is 280 g/mol. The van der Waals surface area contributed by atoms with Crippen LogP contribution in [0.1, 0.15) is 32.1 Å². The normalized spacial score (nSPS) is 26.8. The molecule has 0 atom stereocenters. The van der Waals surface area contributed by atoms with Gasteiger partial charge in [0.15, 0.2) is 0 Å². The Hall–Kier alpha value is -0.810. The fraction of sp³-hybridized carbons (Fsp3) is 0.933. The molecule has 3 aliphatic heterocycles. The van der Waals surface area contributed by atoms with Gasteiger partial charge in [0.05, 0.1) is 0 Å². The molecule has 3 aliphatic rings. The molecule has 0 aliphatic carbocycles. The van der Waals surface area contributed by atoms with Crippen molar-refractivity contribution in [1.82, 2.24) is 20.0 Å². The van der Waals surface area contributed by atoms with E-state index in [1.165, 1.54) is 32.4 Å². The molecule has 0 radical (unpaired) electrons. The average Bonchev–Trinajstić information content (AvgIpc) is 2.56. The van der Waals surface area contributed by atoms with Gasteiger partial charge in [-0.15, -0.1) is 0 Å². The number of urea groups is 1. The largest absolute Gasteiger partial charge is 0.325 e. The second-order valence-corrected chi connectivity index (χ2v) is 6.33. The number of hydrogen-bond acceptors (Lipinski definition) is 3. The highest BCUT2D eigenvalue weighted by Crippen LogP contribution is 2.21. The van der Waals surface area contributed by atoms with Crippen LogP contribution in [0.5, 0.6) is 0 Å². The smallest absolute Gasteiger partial charge is 0.320 e. The van der Waals surface area contributed by atoms with Crippen LogP contribution >= 0.6 is 0 Å². The summed E-state index contributed by atoms with van der Waals surface area (Å²) < 4.78 is 0. The summed E-state index contributed by atoms with van der Waals surface area (Å²) in [6.07, 6.45) is 6.45. The zero-order chi connectivity index (χ0) is 13.8. The van der Waals surface area contributed by atoms with Gasteiger partial charge in [0, 0.05) is 45.3 Å². The third kappa shape index (κ3) is 3.26. The van der Waals surface area contributed by atoms with Crippen molar-refractivity contribution in [2.45, 2.75) is 38.1 Å². The number of carbonyl (C=O) groups excluding carboxylic acids is 1. The zero-order valence-electron chi connectivity index (χ0n) is 12.5. The summed E-state index contributed by atoms with van der Waals surface area (Å²) in [5, 5.41) is 3.30. The van der Waals surface area contributed by atoms with Gasteiger partial charge in [0.25, 0.3) is 0 Å². The second-order valence-electron chi connectivity index (χ2n) is 6.33. The molecule has 3 heterocycles. The Labute approximate surface area is 122 Å². The first kappa shape index (κ1) is 14.1. The van der Waals surface area contributed by atoms with Gasteiger partial charge < -0.3 is 20.0 Å². The van der Waals surface area contributed by atoms with Crippen LogP contribution in [0.4, 0.5) is 4.79 Å². The van der Waals surface area contributed by atoms with E-state index in [4.69, 9.17) is 0 Å². The van der Waals surface area contributed by atoms with Crippen molar-refractivity contribution in [3.05, 3.63) is 0 Å². The molecule has 3 saturated heterocycles. The Bertz CT molecular complexity index is 316. The van der Waals surface area contributed by atoms with Crippen molar-refractivity contribution >= 4 is 6.03 Å². The SMILES string of the molecule is O=C(N1CCNCC1)N1CCC(N2CCCCC2)CC1. The van der Waals surface area contributed by atoms with Gasteiger partial charge in [0.2, 0.25) is 0 Å². The number of nitrogens with zero attached hydrogens (tertiary/aromatic N) is 3. The van der Waals surface area contributed by atoms with Gasteiger partial charge in [-0.25, -0.2) is 4.79 Å². The maximum atomic E-state index is 12.4. The van der Waals surface area contributed by atoms with E-state index in [0.29, 0.717) is 0 Å². The summed E-state index contributed by atoms with van der Waals surface area (Å²) in [6, 6.07) is 0.992. The third-order valence-corrected chi connectivity index (χ3v) is 5.03. The van der Waals surface area contributed by atoms with Gasteiger partial charge >= 0.3 is 6.03 Å². The van der Waals surface area contributed by atoms with Crippen LogP contribution in [0.25, 0.3) is 0 Å². The van der Waals surface area contributed by atoms with Gasteiger partial charge in [0.1, 0.15) is 0 Å². The molecule has 0 unspecified atom stereocenters. The van der Waals surface area contributed by atoms with E-state index in [1.807, 2.05) is 4.90 Å². The minimum absolute atomic E-state index is 0.267. The molecule has 0 aromatic rings. The number of rotatable bonds is 1. The Morgan fingerprint density at radius 3 is 2.05 bits per heavy atom. The Kier molecular flexibility index (Phi) is 4.78. The number of amides is 2. The van der Waals surface area contributed by atoms with Crippen LogP contribution in [0, 0.1) is 0 Å². The summed E-state index contributed by atoms with van der Waals surface area (Å²) in [5.41, 5.74) is 0. The average molecular weight is 280 g/mol. The predicted octanol–water partition coefficient (Wildman–Crippen LogP) is 0.962. The van der Waals surface area contributed by atoms with Crippen LogP contribution in [0.2, 0.25) is 0 Å². The highest BCUT2D eigenvalue weighted by atomic mass is 16.2. The summed E-state index contributed by atoms with van der Waals surface area (Å²) in [5.74, 6) is 0. The number of piperazine rings is 1. The molecule has 3 fully saturated rings. The van der Waals surface area contributed by atoms with Crippen molar-refractivity contribution in [3.8, 4) is 0 Å². The van der Waals surface area contributed by atoms with Crippen molar-refractivity contribution in [1.29, 1.82) is 0 Å². The first-order chi connectivity index (χ1) is 9.84. The second kappa shape index (κ2) is 6.76. The molecule has 0 saturated carbocycles. The molecular formula is C15H28N4O. The fourth-order valence-electron chi connectivity index (χ4n) is 3.76. The number of hydrogen-bond donors (Lipinski definition) is 1. The molecule has 2 amide bonds. The van der Waals surface area contributed by atoms with Crippen molar-refractivity contribution < 1.29 is 4.79 Å². The van der Waals surface area contributed by atoms with Crippen LogP contribution in [-0.2, 0) is 0 Å². The highest BCUT2D eigenvalue weighted by molar-refractivity contribution is 5.74. The van der Waals surface area contributed by atoms with Gasteiger partial charge in [-0.1, -0.05) is 6.42 Å². The van der Waals surface area contributed by atoms with Crippen molar-refractivity contribution in [2.75, 3.05) is 52.4 Å². The lowest BCUT2D eigenvalue weighted by molar-refractivity contribution is 0.0876. The van der Waals surface area contributed by atoms with E-state index in [0.717, 1.165) is 58.2 Å². The van der Waals surface area contributed by atoms with Crippen LogP contribution in [0.15, 0.2) is 0 Å². The lowest BCUT2D eigenvalue weighted by atomic mass is 10.00. The highest BCUT2D eigenvalue weighted by Gasteiger charge is 2.29. The van der Waals surface area contributed by atoms with E-state index in [1.54, 1.807) is 0 Å². The van der Waals surface area contributed by atoms with Gasteiger partial charge in [-0.2, -0.15) is 0 Å². The lowest BCUT2D eigenvalue weighted by Gasteiger charge is -2.41. The lowest BCUT2D eigenvalue weighted by Crippen LogP contribution is -2.55. The number of nitrogens with one attached hydrogen (secondary N) is 1. The standard InChI is InChI=1S/C15H28N4O/c20-15(19-12-6-16-7-13-19)18-10-4-14(5-11-18)17-8-2-1-3-9-17/h14,16H,1-13H2. The maximum absolute atomic E-state index is 12.4. The van der Waals surface area contributed by atoms with E-state index >= 15 is 0 Å². The molecular weight excluding hydrogens is 252 g/mol. The molecule has 20 heavy (non-hydrogen) atoms. The van der Waals surface area contributed by atoms with E-state index in [2.05, 4.69) is 15.1 Å². The summed E-state index contributed by atoms with van der Waals surface area (Å²) in [4.78, 5) is 19.2. The zero-order valence-corrected chi connectivity index (χ0v) is 12.5. The molecule has 5 heteroatoms. The minimum Gasteiger partial charge on any atom is -0.325 e. The number of piperidine rings is 2. The summed E-state index contributed by atoms with van der Waals surface area (Å²) >= 11 is 0.